The highest BCUT2D eigenvalue weighted by Crippen LogP contribution is 2.16. The van der Waals surface area contributed by atoms with E-state index in [1.165, 1.54) is 135 Å². The standard InChI is InChI=1S/C53H96O6/c1-4-7-10-13-16-19-22-25-28-31-34-37-40-43-46-52(55)58-49-50(48-57-51(54)45-42-39-36-33-30-27-24-21-18-15-12-9-6-3)59-53(56)47-44-41-38-35-32-29-26-23-20-17-14-11-8-5-2/h7,10,16,19,25,28,50H,4-6,8-9,11-15,17-18,20-24,26-27,29-49H2,1-3H3/b10-7-,19-16-,28-25-. The summed E-state index contributed by atoms with van der Waals surface area (Å²) in [4.78, 5) is 37.9. The molecule has 0 bridgehead atoms. The van der Waals surface area contributed by atoms with Crippen LogP contribution in [0.4, 0.5) is 0 Å². The molecule has 0 aliphatic rings. The van der Waals surface area contributed by atoms with Gasteiger partial charge in [0.2, 0.25) is 0 Å². The van der Waals surface area contributed by atoms with Crippen molar-refractivity contribution in [3.63, 3.8) is 0 Å². The summed E-state index contributed by atoms with van der Waals surface area (Å²) in [5, 5.41) is 0. The molecule has 0 aromatic rings. The van der Waals surface area contributed by atoms with Crippen LogP contribution in [0.25, 0.3) is 0 Å². The number of esters is 3. The van der Waals surface area contributed by atoms with E-state index < -0.39 is 6.10 Å². The SMILES string of the molecule is CC/C=C\C/C=C\C/C=C\CCCCCCC(=O)OCC(COC(=O)CCCCCCCCCCCCCCC)OC(=O)CCCCCCCCCCCCCCCC. The van der Waals surface area contributed by atoms with Crippen LogP contribution in [0.15, 0.2) is 36.5 Å². The average molecular weight is 829 g/mol. The fraction of sp³-hybridized carbons (Fsp3) is 0.830. The summed E-state index contributed by atoms with van der Waals surface area (Å²) in [5.41, 5.74) is 0. The Morgan fingerprint density at radius 1 is 0.356 bits per heavy atom. The van der Waals surface area contributed by atoms with Crippen molar-refractivity contribution < 1.29 is 28.6 Å². The topological polar surface area (TPSA) is 78.9 Å². The number of hydrogen-bond donors (Lipinski definition) is 0. The third-order valence-corrected chi connectivity index (χ3v) is 11.2. The third-order valence-electron chi connectivity index (χ3n) is 11.2. The first-order valence-electron chi connectivity index (χ1n) is 25.5. The van der Waals surface area contributed by atoms with Crippen molar-refractivity contribution in [1.29, 1.82) is 0 Å². The summed E-state index contributed by atoms with van der Waals surface area (Å²) < 4.78 is 16.8. The second-order valence-corrected chi connectivity index (χ2v) is 17.1. The second-order valence-electron chi connectivity index (χ2n) is 17.1. The van der Waals surface area contributed by atoms with Crippen molar-refractivity contribution in [2.75, 3.05) is 13.2 Å². The molecule has 0 rings (SSSR count). The molecular weight excluding hydrogens is 733 g/mol. The monoisotopic (exact) mass is 829 g/mol. The fourth-order valence-corrected chi connectivity index (χ4v) is 7.34. The molecule has 0 amide bonds. The lowest BCUT2D eigenvalue weighted by molar-refractivity contribution is -0.167. The Morgan fingerprint density at radius 3 is 1.03 bits per heavy atom. The maximum absolute atomic E-state index is 12.8. The third kappa shape index (κ3) is 46.5. The van der Waals surface area contributed by atoms with E-state index in [0.29, 0.717) is 19.3 Å². The van der Waals surface area contributed by atoms with Gasteiger partial charge in [0.05, 0.1) is 0 Å². The van der Waals surface area contributed by atoms with Crippen LogP contribution in [0.5, 0.6) is 0 Å². The molecule has 59 heavy (non-hydrogen) atoms. The van der Waals surface area contributed by atoms with Crippen LogP contribution in [0, 0.1) is 0 Å². The lowest BCUT2D eigenvalue weighted by Gasteiger charge is -2.18. The predicted molar refractivity (Wildman–Crippen MR) is 252 cm³/mol. The zero-order valence-corrected chi connectivity index (χ0v) is 39.3. The minimum Gasteiger partial charge on any atom is -0.462 e. The van der Waals surface area contributed by atoms with E-state index in [9.17, 15) is 14.4 Å². The summed E-state index contributed by atoms with van der Waals surface area (Å²) >= 11 is 0. The maximum atomic E-state index is 12.8. The molecule has 0 saturated carbocycles. The van der Waals surface area contributed by atoms with Crippen molar-refractivity contribution >= 4 is 17.9 Å². The van der Waals surface area contributed by atoms with E-state index in [1.54, 1.807) is 0 Å². The molecule has 0 saturated heterocycles. The minimum absolute atomic E-state index is 0.0751. The molecule has 0 spiro atoms. The molecule has 0 radical (unpaired) electrons. The smallest absolute Gasteiger partial charge is 0.306 e. The van der Waals surface area contributed by atoms with Crippen molar-refractivity contribution in [3.8, 4) is 0 Å². The number of allylic oxidation sites excluding steroid dienone is 6. The summed E-state index contributed by atoms with van der Waals surface area (Å²) in [6.45, 7) is 6.53. The van der Waals surface area contributed by atoms with E-state index >= 15 is 0 Å². The summed E-state index contributed by atoms with van der Waals surface area (Å²) in [6.07, 6.45) is 55.5. The minimum atomic E-state index is -0.775. The lowest BCUT2D eigenvalue weighted by Crippen LogP contribution is -2.30. The molecule has 0 N–H and O–H groups in total. The average Bonchev–Trinajstić information content (AvgIpc) is 3.23. The van der Waals surface area contributed by atoms with Crippen molar-refractivity contribution in [3.05, 3.63) is 36.5 Å². The summed E-state index contributed by atoms with van der Waals surface area (Å²) in [6, 6.07) is 0. The van der Waals surface area contributed by atoms with Gasteiger partial charge in [0, 0.05) is 19.3 Å². The van der Waals surface area contributed by atoms with Gasteiger partial charge in [-0.15, -0.1) is 0 Å². The summed E-state index contributed by atoms with van der Waals surface area (Å²) in [5.74, 6) is -0.887. The van der Waals surface area contributed by atoms with E-state index in [1.807, 2.05) is 0 Å². The first-order valence-corrected chi connectivity index (χ1v) is 25.5. The molecule has 344 valence electrons. The van der Waals surface area contributed by atoms with Gasteiger partial charge in [-0.05, 0) is 51.4 Å². The molecule has 0 heterocycles. The molecule has 0 aromatic carbocycles. The normalized spacial score (nSPS) is 12.3. The van der Waals surface area contributed by atoms with E-state index in [2.05, 4.69) is 57.2 Å². The predicted octanol–water partition coefficient (Wildman–Crippen LogP) is 16.5. The van der Waals surface area contributed by atoms with Gasteiger partial charge < -0.3 is 14.2 Å². The van der Waals surface area contributed by atoms with Crippen LogP contribution < -0.4 is 0 Å². The van der Waals surface area contributed by atoms with E-state index in [-0.39, 0.29) is 31.1 Å². The number of carbonyl (C=O) groups excluding carboxylic acids is 3. The molecule has 6 nitrogen and oxygen atoms in total. The van der Waals surface area contributed by atoms with Crippen LogP contribution in [0.3, 0.4) is 0 Å². The quantitative estimate of drug-likeness (QED) is 0.0263. The first kappa shape index (κ1) is 56.6. The van der Waals surface area contributed by atoms with Crippen LogP contribution >= 0.6 is 0 Å². The van der Waals surface area contributed by atoms with E-state index in [4.69, 9.17) is 14.2 Å². The highest BCUT2D eigenvalue weighted by atomic mass is 16.6. The highest BCUT2D eigenvalue weighted by Gasteiger charge is 2.19. The fourth-order valence-electron chi connectivity index (χ4n) is 7.34. The first-order chi connectivity index (χ1) is 29.0. The van der Waals surface area contributed by atoms with Gasteiger partial charge in [-0.25, -0.2) is 0 Å². The van der Waals surface area contributed by atoms with Gasteiger partial charge in [-0.2, -0.15) is 0 Å². The molecule has 1 unspecified atom stereocenters. The Bertz CT molecular complexity index is 1000. The number of unbranched alkanes of at least 4 members (excludes halogenated alkanes) is 29. The Balaban J connectivity index is 4.38. The van der Waals surface area contributed by atoms with Gasteiger partial charge >= 0.3 is 17.9 Å². The molecule has 0 aliphatic carbocycles. The van der Waals surface area contributed by atoms with Crippen molar-refractivity contribution in [2.24, 2.45) is 0 Å². The van der Waals surface area contributed by atoms with Gasteiger partial charge in [0.25, 0.3) is 0 Å². The van der Waals surface area contributed by atoms with Crippen molar-refractivity contribution in [2.45, 2.75) is 271 Å². The zero-order valence-electron chi connectivity index (χ0n) is 39.3. The van der Waals surface area contributed by atoms with Crippen LogP contribution in [0.2, 0.25) is 0 Å². The zero-order chi connectivity index (χ0) is 43.0. The van der Waals surface area contributed by atoms with Gasteiger partial charge in [0.1, 0.15) is 13.2 Å². The van der Waals surface area contributed by atoms with Crippen LogP contribution in [-0.4, -0.2) is 37.2 Å². The van der Waals surface area contributed by atoms with Crippen LogP contribution in [-0.2, 0) is 28.6 Å². The molecule has 0 aromatic heterocycles. The van der Waals surface area contributed by atoms with Gasteiger partial charge in [-0.1, -0.05) is 231 Å². The van der Waals surface area contributed by atoms with Gasteiger partial charge in [0.15, 0.2) is 6.10 Å². The molecule has 1 atom stereocenters. The van der Waals surface area contributed by atoms with Crippen molar-refractivity contribution in [1.82, 2.24) is 0 Å². The molecular formula is C53H96O6. The van der Waals surface area contributed by atoms with Gasteiger partial charge in [-0.3, -0.25) is 14.4 Å². The molecule has 0 fully saturated rings. The number of ether oxygens (including phenoxy) is 3. The Labute approximate surface area is 365 Å². The second kappa shape index (κ2) is 48.3. The number of rotatable bonds is 46. The Hall–Kier alpha value is -2.37. The molecule has 0 aliphatic heterocycles. The number of hydrogen-bond acceptors (Lipinski definition) is 6. The maximum Gasteiger partial charge on any atom is 0.306 e. The summed E-state index contributed by atoms with van der Waals surface area (Å²) in [7, 11) is 0. The molecule has 6 heteroatoms. The van der Waals surface area contributed by atoms with Crippen LogP contribution in [0.1, 0.15) is 265 Å². The Kier molecular flexibility index (Phi) is 46.4. The lowest BCUT2D eigenvalue weighted by atomic mass is 10.0. The number of carbonyl (C=O) groups is 3. The highest BCUT2D eigenvalue weighted by molar-refractivity contribution is 5.71. The largest absolute Gasteiger partial charge is 0.462 e. The van der Waals surface area contributed by atoms with E-state index in [0.717, 1.165) is 89.9 Å². The Morgan fingerprint density at radius 2 is 0.661 bits per heavy atom.